The highest BCUT2D eigenvalue weighted by molar-refractivity contribution is 5.89. The Morgan fingerprint density at radius 3 is 1.17 bits per heavy atom. The lowest BCUT2D eigenvalue weighted by Gasteiger charge is -2.23. The second kappa shape index (κ2) is 18.0. The molecule has 2 aromatic heterocycles. The van der Waals surface area contributed by atoms with Crippen LogP contribution in [0.1, 0.15) is 13.8 Å². The molecule has 7 rings (SSSR count). The van der Waals surface area contributed by atoms with Gasteiger partial charge in [0.2, 0.25) is 35.7 Å². The highest BCUT2D eigenvalue weighted by Gasteiger charge is 2.23. The molecule has 0 radical (unpaired) electrons. The number of nitrogens with zero attached hydrogens (tertiary/aromatic N) is 7. The first-order valence-corrected chi connectivity index (χ1v) is 18.2. The van der Waals surface area contributed by atoms with Crippen molar-refractivity contribution in [1.82, 2.24) is 29.9 Å². The van der Waals surface area contributed by atoms with Gasteiger partial charge in [-0.3, -0.25) is 0 Å². The number of carbonyl (C=O) groups is 2. The average Bonchev–Trinajstić information content (AvgIpc) is 3.22. The predicted molar refractivity (Wildman–Crippen MR) is 228 cm³/mol. The van der Waals surface area contributed by atoms with Gasteiger partial charge in [-0.2, -0.15) is 29.9 Å². The van der Waals surface area contributed by atoms with Crippen LogP contribution in [0.2, 0.25) is 0 Å². The van der Waals surface area contributed by atoms with E-state index in [1.165, 1.54) is 0 Å². The Morgan fingerprint density at radius 2 is 0.797 bits per heavy atom. The average molecular weight is 784 g/mol. The van der Waals surface area contributed by atoms with Crippen molar-refractivity contribution >= 4 is 76.1 Å². The lowest BCUT2D eigenvalue weighted by atomic mass is 10.3. The van der Waals surface area contributed by atoms with Crippen LogP contribution in [0.5, 0.6) is 11.5 Å². The van der Waals surface area contributed by atoms with Crippen molar-refractivity contribution in [2.24, 2.45) is 0 Å². The number of nitrogens with one attached hydrogen (secondary N) is 4. The zero-order chi connectivity index (χ0) is 41.1. The summed E-state index contributed by atoms with van der Waals surface area (Å²) in [6.07, 6.45) is 0. The van der Waals surface area contributed by atoms with E-state index in [0.717, 1.165) is 11.4 Å². The van der Waals surface area contributed by atoms with Gasteiger partial charge in [-0.15, -0.1) is 0 Å². The quantitative estimate of drug-likeness (QED) is 0.0438. The highest BCUT2D eigenvalue weighted by Crippen LogP contribution is 2.34. The topological polar surface area (TPSA) is 181 Å². The van der Waals surface area contributed by atoms with Crippen LogP contribution in [0, 0.1) is 0 Å². The van der Waals surface area contributed by atoms with E-state index in [1.54, 1.807) is 67.3 Å². The van der Waals surface area contributed by atoms with Gasteiger partial charge in [0.15, 0.2) is 0 Å². The molecule has 0 amide bonds. The second-order valence-corrected chi connectivity index (χ2v) is 12.9. The maximum Gasteiger partial charge on any atom is 0.338 e. The first-order valence-electron chi connectivity index (χ1n) is 18.2. The van der Waals surface area contributed by atoms with Crippen molar-refractivity contribution < 1.29 is 19.1 Å². The fourth-order valence-corrected chi connectivity index (χ4v) is 5.27. The molecule has 0 aliphatic rings. The second-order valence-electron chi connectivity index (χ2n) is 12.9. The van der Waals surface area contributed by atoms with Crippen molar-refractivity contribution in [3.8, 4) is 11.5 Å². The number of aromatic nitrogens is 6. The van der Waals surface area contributed by atoms with Crippen LogP contribution in [0.4, 0.5) is 64.1 Å². The maximum absolute atomic E-state index is 12.3. The number of anilines is 11. The van der Waals surface area contributed by atoms with Gasteiger partial charge in [0.25, 0.3) is 0 Å². The Morgan fingerprint density at radius 1 is 0.458 bits per heavy atom. The molecule has 0 aliphatic carbocycles. The summed E-state index contributed by atoms with van der Waals surface area (Å²) in [6, 6.07) is 41.8. The summed E-state index contributed by atoms with van der Waals surface area (Å²) in [5.74, 6) is 0.455. The van der Waals surface area contributed by atoms with Gasteiger partial charge >= 0.3 is 11.9 Å². The summed E-state index contributed by atoms with van der Waals surface area (Å²) >= 11 is 0. The van der Waals surface area contributed by atoms with E-state index in [0.29, 0.717) is 28.6 Å². The van der Waals surface area contributed by atoms with Gasteiger partial charge in [0, 0.05) is 46.0 Å². The Bertz CT molecular complexity index is 2470. The Balaban J connectivity index is 1.34. The van der Waals surface area contributed by atoms with E-state index in [2.05, 4.69) is 44.4 Å². The minimum atomic E-state index is -0.552. The summed E-state index contributed by atoms with van der Waals surface area (Å²) in [5.41, 5.74) is 3.66. The summed E-state index contributed by atoms with van der Waals surface area (Å²) in [5, 5.41) is 13.0. The van der Waals surface area contributed by atoms with Gasteiger partial charge in [0.05, 0.1) is 5.69 Å². The van der Waals surface area contributed by atoms with Crippen LogP contribution >= 0.6 is 0 Å². The van der Waals surface area contributed by atoms with Crippen LogP contribution < -0.4 is 35.6 Å². The first kappa shape index (κ1) is 38.8. The van der Waals surface area contributed by atoms with Crippen molar-refractivity contribution in [1.29, 1.82) is 0 Å². The fourth-order valence-electron chi connectivity index (χ4n) is 5.27. The standard InChI is InChI=1S/C44H37N11O4/c1-28(2)37(56)58-35-24-14-20-32(26-35)47-41-49-39(45-30-16-8-5-9-17-30)51-43(53-41)55(34-22-12-7-13-23-34)44-52-40(46-31-18-10-6-11-19-31)50-42(54-44)48-33-21-15-25-36(27-33)59-38(57)29(3)4/h5-27H,1,3H2,2,4H3,(H2,45,47,49,51,53)(H2,46,48,50,52,54). The van der Waals surface area contributed by atoms with Crippen LogP contribution in [0.3, 0.4) is 0 Å². The minimum Gasteiger partial charge on any atom is -0.423 e. The molecule has 0 aliphatic heterocycles. The van der Waals surface area contributed by atoms with E-state index in [1.807, 2.05) is 91.0 Å². The van der Waals surface area contributed by atoms with Crippen molar-refractivity contribution in [3.63, 3.8) is 0 Å². The number of ether oxygens (including phenoxy) is 2. The van der Waals surface area contributed by atoms with Crippen molar-refractivity contribution in [3.05, 3.63) is 164 Å². The molecule has 0 spiro atoms. The third kappa shape index (κ3) is 10.4. The molecule has 4 N–H and O–H groups in total. The number of hydrogen-bond acceptors (Lipinski definition) is 15. The van der Waals surface area contributed by atoms with E-state index in [4.69, 9.17) is 29.4 Å². The molecule has 0 unspecified atom stereocenters. The first-order chi connectivity index (χ1) is 28.6. The molecule has 7 aromatic rings. The highest BCUT2D eigenvalue weighted by atomic mass is 16.5. The largest absolute Gasteiger partial charge is 0.423 e. The van der Waals surface area contributed by atoms with Crippen LogP contribution in [-0.4, -0.2) is 41.8 Å². The summed E-state index contributed by atoms with van der Waals surface area (Å²) in [7, 11) is 0. The monoisotopic (exact) mass is 783 g/mol. The fraction of sp³-hybridized carbons (Fsp3) is 0.0455. The number of para-hydroxylation sites is 3. The maximum atomic E-state index is 12.3. The Kier molecular flexibility index (Phi) is 11.8. The van der Waals surface area contributed by atoms with E-state index < -0.39 is 11.9 Å². The lowest BCUT2D eigenvalue weighted by molar-refractivity contribution is -0.130. The number of rotatable bonds is 15. The summed E-state index contributed by atoms with van der Waals surface area (Å²) in [4.78, 5) is 55.0. The predicted octanol–water partition coefficient (Wildman–Crippen LogP) is 9.46. The Labute approximate surface area is 339 Å². The smallest absolute Gasteiger partial charge is 0.338 e. The normalized spacial score (nSPS) is 10.5. The van der Waals surface area contributed by atoms with Gasteiger partial charge in [-0.05, 0) is 74.5 Å². The summed E-state index contributed by atoms with van der Waals surface area (Å²) in [6.45, 7) is 10.5. The zero-order valence-electron chi connectivity index (χ0n) is 32.0. The molecule has 0 saturated carbocycles. The molecule has 15 heteroatoms. The van der Waals surface area contributed by atoms with E-state index >= 15 is 0 Å². The molecule has 15 nitrogen and oxygen atoms in total. The van der Waals surface area contributed by atoms with Crippen molar-refractivity contribution in [2.45, 2.75) is 13.8 Å². The molecule has 59 heavy (non-hydrogen) atoms. The number of esters is 2. The molecule has 2 heterocycles. The van der Waals surface area contributed by atoms with Gasteiger partial charge in [-0.25, -0.2) is 14.5 Å². The van der Waals surface area contributed by atoms with Crippen LogP contribution in [-0.2, 0) is 9.59 Å². The van der Waals surface area contributed by atoms with Crippen LogP contribution in [0.25, 0.3) is 0 Å². The van der Waals surface area contributed by atoms with Gasteiger partial charge < -0.3 is 30.7 Å². The van der Waals surface area contributed by atoms with E-state index in [-0.39, 0.29) is 46.8 Å². The Hall–Kier alpha value is -8.46. The molecular weight excluding hydrogens is 747 g/mol. The van der Waals surface area contributed by atoms with Crippen LogP contribution in [0.15, 0.2) is 164 Å². The van der Waals surface area contributed by atoms with Gasteiger partial charge in [0.1, 0.15) is 11.5 Å². The molecule has 0 fully saturated rings. The molecule has 292 valence electrons. The molecule has 0 bridgehead atoms. The van der Waals surface area contributed by atoms with Crippen molar-refractivity contribution in [2.75, 3.05) is 26.2 Å². The zero-order valence-corrected chi connectivity index (χ0v) is 32.0. The SMILES string of the molecule is C=C(C)C(=O)Oc1cccc(Nc2nc(Nc3ccccc3)nc(N(c3ccccc3)c3nc(Nc4ccccc4)nc(Nc4cccc(OC(=O)C(=C)C)c4)n3)n2)c1. The number of carbonyl (C=O) groups excluding carboxylic acids is 2. The molecule has 5 aromatic carbocycles. The third-order valence-corrected chi connectivity index (χ3v) is 8.02. The molecule has 0 atom stereocenters. The molecular formula is C44H37N11O4. The minimum absolute atomic E-state index is 0.133. The number of hydrogen-bond donors (Lipinski definition) is 4. The summed E-state index contributed by atoms with van der Waals surface area (Å²) < 4.78 is 10.9. The third-order valence-electron chi connectivity index (χ3n) is 8.02. The van der Waals surface area contributed by atoms with E-state index in [9.17, 15) is 9.59 Å². The van der Waals surface area contributed by atoms with Gasteiger partial charge in [-0.1, -0.05) is 79.9 Å². The number of benzene rings is 5. The molecule has 0 saturated heterocycles. The lowest BCUT2D eigenvalue weighted by Crippen LogP contribution is -2.20.